The molecule has 0 radical (unpaired) electrons. The van der Waals surface area contributed by atoms with Crippen molar-refractivity contribution in [2.45, 2.75) is 64.4 Å². The molecule has 2 saturated carbocycles. The fraction of sp³-hybridized carbons (Fsp3) is 0.581. The lowest BCUT2D eigenvalue weighted by atomic mass is 9.52. The highest BCUT2D eigenvalue weighted by Gasteiger charge is 2.55. The average Bonchev–Trinajstić information content (AvgIpc) is 3.30. The molecule has 1 aromatic rings. The molecule has 2 fully saturated rings. The number of hydrogen-bond acceptors (Lipinski definition) is 6. The number of nitrogens with one attached hydrogen (secondary N) is 1. The molecule has 4 aliphatic rings. The molecule has 4 aliphatic carbocycles. The van der Waals surface area contributed by atoms with Crippen molar-refractivity contribution in [2.75, 3.05) is 27.4 Å². The van der Waals surface area contributed by atoms with Crippen LogP contribution in [-0.4, -0.2) is 51.6 Å². The van der Waals surface area contributed by atoms with Crippen LogP contribution in [0.15, 0.2) is 52.2 Å². The molecule has 0 heterocycles. The number of carbonyl (C=O) groups excluding carboxylic acids is 2. The van der Waals surface area contributed by atoms with E-state index in [9.17, 15) is 9.59 Å². The molecular weight excluding hydrogens is 480 g/mol. The maximum absolute atomic E-state index is 12.9. The SMILES string of the molecule is CCNC(=O)ON=Cc1ccc([C@H]2C[C@]3(C)CCC[C@H]3[C@H]3C2=C2CC(COC)C(=O)C=C2C[C@@H]3OC)cc1. The van der Waals surface area contributed by atoms with Gasteiger partial charge >= 0.3 is 6.09 Å². The molecule has 0 aromatic heterocycles. The number of methoxy groups -OCH3 is 2. The van der Waals surface area contributed by atoms with Gasteiger partial charge in [0.2, 0.25) is 0 Å². The van der Waals surface area contributed by atoms with Crippen molar-refractivity contribution in [2.24, 2.45) is 28.3 Å². The average molecular weight is 521 g/mol. The monoisotopic (exact) mass is 520 g/mol. The smallest absolute Gasteiger partial charge is 0.384 e. The van der Waals surface area contributed by atoms with E-state index in [4.69, 9.17) is 14.3 Å². The van der Waals surface area contributed by atoms with Gasteiger partial charge in [-0.25, -0.2) is 4.79 Å². The Kier molecular flexibility index (Phi) is 7.87. The number of ether oxygens (including phenoxy) is 2. The van der Waals surface area contributed by atoms with E-state index in [1.807, 2.05) is 32.2 Å². The lowest BCUT2D eigenvalue weighted by Gasteiger charge is -2.53. The van der Waals surface area contributed by atoms with Crippen LogP contribution in [0.5, 0.6) is 0 Å². The van der Waals surface area contributed by atoms with E-state index in [2.05, 4.69) is 29.5 Å². The maximum atomic E-state index is 12.9. The highest BCUT2D eigenvalue weighted by Crippen LogP contribution is 2.64. The predicted octanol–water partition coefficient (Wildman–Crippen LogP) is 5.55. The molecule has 1 unspecified atom stereocenters. The molecular formula is C31H40N2O5. The van der Waals surface area contributed by atoms with E-state index in [1.165, 1.54) is 41.5 Å². The summed E-state index contributed by atoms with van der Waals surface area (Å²) in [6.07, 6.45) is 9.39. The van der Waals surface area contributed by atoms with Gasteiger partial charge in [-0.2, -0.15) is 0 Å². The maximum Gasteiger partial charge on any atom is 0.433 e. The van der Waals surface area contributed by atoms with Gasteiger partial charge in [-0.3, -0.25) is 9.63 Å². The van der Waals surface area contributed by atoms with Gasteiger partial charge < -0.3 is 14.8 Å². The quantitative estimate of drug-likeness (QED) is 0.289. The number of fused-ring (bicyclic) bond motifs is 4. The van der Waals surface area contributed by atoms with Gasteiger partial charge in [0, 0.05) is 38.5 Å². The van der Waals surface area contributed by atoms with Gasteiger partial charge in [0.25, 0.3) is 0 Å². The second-order valence-electron chi connectivity index (χ2n) is 11.6. The van der Waals surface area contributed by atoms with Crippen LogP contribution in [0.3, 0.4) is 0 Å². The van der Waals surface area contributed by atoms with Crippen molar-refractivity contribution >= 4 is 18.1 Å². The summed E-state index contributed by atoms with van der Waals surface area (Å²) >= 11 is 0. The summed E-state index contributed by atoms with van der Waals surface area (Å²) in [6.45, 7) is 5.25. The van der Waals surface area contributed by atoms with Crippen LogP contribution in [0.1, 0.15) is 69.4 Å². The number of hydrogen-bond donors (Lipinski definition) is 1. The van der Waals surface area contributed by atoms with Crippen molar-refractivity contribution in [3.63, 3.8) is 0 Å². The molecule has 5 rings (SSSR count). The zero-order valence-electron chi connectivity index (χ0n) is 23.0. The third-order valence-electron chi connectivity index (χ3n) is 9.39. The van der Waals surface area contributed by atoms with Gasteiger partial charge in [-0.1, -0.05) is 48.3 Å². The second kappa shape index (κ2) is 11.1. The Morgan fingerprint density at radius 1 is 1.21 bits per heavy atom. The molecule has 38 heavy (non-hydrogen) atoms. The number of benzene rings is 1. The molecule has 7 nitrogen and oxygen atoms in total. The summed E-state index contributed by atoms with van der Waals surface area (Å²) in [5.41, 5.74) is 6.46. The minimum absolute atomic E-state index is 0.0924. The summed E-state index contributed by atoms with van der Waals surface area (Å²) < 4.78 is 11.6. The highest BCUT2D eigenvalue weighted by molar-refractivity contribution is 5.95. The molecule has 0 aliphatic heterocycles. The predicted molar refractivity (Wildman–Crippen MR) is 146 cm³/mol. The van der Waals surface area contributed by atoms with Gasteiger partial charge in [0.15, 0.2) is 5.78 Å². The number of carbonyl (C=O) groups is 2. The normalized spacial score (nSPS) is 32.5. The molecule has 204 valence electrons. The minimum Gasteiger partial charge on any atom is -0.384 e. The van der Waals surface area contributed by atoms with Crippen LogP contribution in [-0.2, 0) is 19.1 Å². The Bertz CT molecular complexity index is 1150. The summed E-state index contributed by atoms with van der Waals surface area (Å²) in [5.74, 6) is 1.29. The molecule has 1 aromatic carbocycles. The van der Waals surface area contributed by atoms with E-state index in [0.717, 1.165) is 24.8 Å². The van der Waals surface area contributed by atoms with Crippen LogP contribution in [0.2, 0.25) is 0 Å². The van der Waals surface area contributed by atoms with E-state index >= 15 is 0 Å². The number of rotatable bonds is 7. The van der Waals surface area contributed by atoms with Gasteiger partial charge in [-0.15, -0.1) is 0 Å². The Labute approximate surface area is 225 Å². The third kappa shape index (κ3) is 4.98. The van der Waals surface area contributed by atoms with Crippen LogP contribution < -0.4 is 5.32 Å². The number of ketones is 1. The fourth-order valence-electron chi connectivity index (χ4n) is 7.70. The molecule has 0 saturated heterocycles. The largest absolute Gasteiger partial charge is 0.433 e. The van der Waals surface area contributed by atoms with Crippen molar-refractivity contribution in [1.29, 1.82) is 0 Å². The van der Waals surface area contributed by atoms with E-state index in [0.29, 0.717) is 25.0 Å². The van der Waals surface area contributed by atoms with Crippen molar-refractivity contribution in [3.05, 3.63) is 58.2 Å². The Morgan fingerprint density at radius 3 is 2.71 bits per heavy atom. The highest BCUT2D eigenvalue weighted by atomic mass is 16.7. The van der Waals surface area contributed by atoms with Crippen LogP contribution in [0.25, 0.3) is 0 Å². The second-order valence-corrected chi connectivity index (χ2v) is 11.6. The Morgan fingerprint density at radius 2 is 2.00 bits per heavy atom. The van der Waals surface area contributed by atoms with Crippen molar-refractivity contribution in [3.8, 4) is 0 Å². The molecule has 6 atom stereocenters. The first-order valence-electron chi connectivity index (χ1n) is 14.0. The number of allylic oxidation sites excluding steroid dienone is 2. The first kappa shape index (κ1) is 26.8. The fourth-order valence-corrected chi connectivity index (χ4v) is 7.70. The lowest BCUT2D eigenvalue weighted by Crippen LogP contribution is -2.47. The summed E-state index contributed by atoms with van der Waals surface area (Å²) in [6, 6.07) is 8.44. The van der Waals surface area contributed by atoms with Gasteiger partial charge in [0.05, 0.1) is 18.9 Å². The molecule has 1 N–H and O–H groups in total. The Balaban J connectivity index is 1.53. The minimum atomic E-state index is -0.562. The summed E-state index contributed by atoms with van der Waals surface area (Å²) in [7, 11) is 3.51. The van der Waals surface area contributed by atoms with Crippen LogP contribution in [0.4, 0.5) is 4.79 Å². The lowest BCUT2D eigenvalue weighted by molar-refractivity contribution is -0.120. The van der Waals surface area contributed by atoms with Crippen LogP contribution in [0, 0.1) is 23.2 Å². The van der Waals surface area contributed by atoms with E-state index < -0.39 is 6.09 Å². The Hall–Kier alpha value is -2.77. The standard InChI is InChI=1S/C31H40N2O5/c1-5-32-30(35)38-33-17-19-8-10-20(11-9-19)24-16-31(2)12-6-7-25(31)29-27(37-4)15-21-14-26(34)22(18-36-3)13-23(21)28(24)29/h8-11,14,17,22,24-25,27,29H,5-7,12-13,15-16,18H2,1-4H3,(H,32,35)/t22?,24-,25+,27+,29-,31+/m1/s1. The van der Waals surface area contributed by atoms with Crippen LogP contribution >= 0.6 is 0 Å². The first-order valence-corrected chi connectivity index (χ1v) is 14.0. The number of oxime groups is 1. The number of nitrogens with zero attached hydrogens (tertiary/aromatic N) is 1. The van der Waals surface area contributed by atoms with Gasteiger partial charge in [0.1, 0.15) is 0 Å². The molecule has 7 heteroatoms. The van der Waals surface area contributed by atoms with E-state index in [1.54, 1.807) is 13.3 Å². The summed E-state index contributed by atoms with van der Waals surface area (Å²) in [5, 5.41) is 6.37. The number of amides is 1. The molecule has 0 spiro atoms. The zero-order valence-corrected chi connectivity index (χ0v) is 23.0. The first-order chi connectivity index (χ1) is 18.4. The topological polar surface area (TPSA) is 86.2 Å². The van der Waals surface area contributed by atoms with E-state index in [-0.39, 0.29) is 29.1 Å². The van der Waals surface area contributed by atoms with Crippen molar-refractivity contribution < 1.29 is 23.9 Å². The summed E-state index contributed by atoms with van der Waals surface area (Å²) in [4.78, 5) is 29.3. The van der Waals surface area contributed by atoms with Crippen molar-refractivity contribution in [1.82, 2.24) is 5.32 Å². The third-order valence-corrected chi connectivity index (χ3v) is 9.39. The van der Waals surface area contributed by atoms with Gasteiger partial charge in [-0.05, 0) is 78.7 Å². The zero-order chi connectivity index (χ0) is 26.9. The molecule has 0 bridgehead atoms. The molecule has 1 amide bonds.